The van der Waals surface area contributed by atoms with E-state index in [4.69, 9.17) is 16.3 Å². The summed E-state index contributed by atoms with van der Waals surface area (Å²) in [5, 5.41) is 1.04. The molecule has 0 fully saturated rings. The summed E-state index contributed by atoms with van der Waals surface area (Å²) in [4.78, 5) is 11.0. The lowest BCUT2D eigenvalue weighted by molar-refractivity contribution is 0.205. The standard InChI is InChI=1S/C13H16ClN3O/c1-18-9-8-17(7-6-14)13-15-10-11-4-2-3-5-12(11)16-13/h2-5,10H,6-9H2,1H3. The van der Waals surface area contributed by atoms with Crippen molar-refractivity contribution in [2.75, 3.05) is 37.6 Å². The molecule has 0 N–H and O–H groups in total. The van der Waals surface area contributed by atoms with Crippen molar-refractivity contribution in [1.82, 2.24) is 9.97 Å². The average molecular weight is 266 g/mol. The van der Waals surface area contributed by atoms with Crippen molar-refractivity contribution in [2.24, 2.45) is 0 Å². The third-order valence-electron chi connectivity index (χ3n) is 2.68. The number of fused-ring (bicyclic) bond motifs is 1. The van der Waals surface area contributed by atoms with E-state index in [1.54, 1.807) is 7.11 Å². The summed E-state index contributed by atoms with van der Waals surface area (Å²) < 4.78 is 5.09. The number of rotatable bonds is 6. The fraction of sp³-hybridized carbons (Fsp3) is 0.385. The van der Waals surface area contributed by atoms with E-state index < -0.39 is 0 Å². The van der Waals surface area contributed by atoms with Gasteiger partial charge in [0.15, 0.2) is 0 Å². The molecule has 1 aromatic heterocycles. The molecule has 2 aromatic rings. The van der Waals surface area contributed by atoms with Gasteiger partial charge in [0, 0.05) is 37.7 Å². The van der Waals surface area contributed by atoms with Gasteiger partial charge in [-0.1, -0.05) is 18.2 Å². The van der Waals surface area contributed by atoms with Gasteiger partial charge in [0.25, 0.3) is 0 Å². The number of halogens is 1. The Kier molecular flexibility index (Phi) is 4.73. The van der Waals surface area contributed by atoms with E-state index in [2.05, 4.69) is 9.97 Å². The minimum Gasteiger partial charge on any atom is -0.383 e. The maximum atomic E-state index is 5.81. The molecule has 0 radical (unpaired) electrons. The molecule has 0 aliphatic heterocycles. The normalized spacial score (nSPS) is 10.8. The molecular formula is C13H16ClN3O. The van der Waals surface area contributed by atoms with Crippen LogP contribution in [0.3, 0.4) is 0 Å². The Balaban J connectivity index is 2.25. The van der Waals surface area contributed by atoms with Gasteiger partial charge in [-0.25, -0.2) is 9.97 Å². The highest BCUT2D eigenvalue weighted by atomic mass is 35.5. The lowest BCUT2D eigenvalue weighted by atomic mass is 10.2. The molecule has 0 aliphatic carbocycles. The minimum absolute atomic E-state index is 0.542. The van der Waals surface area contributed by atoms with E-state index in [0.717, 1.165) is 17.4 Å². The van der Waals surface area contributed by atoms with Crippen molar-refractivity contribution in [3.05, 3.63) is 30.5 Å². The predicted octanol–water partition coefficient (Wildman–Crippen LogP) is 2.32. The van der Waals surface area contributed by atoms with Crippen LogP contribution in [-0.2, 0) is 4.74 Å². The van der Waals surface area contributed by atoms with E-state index in [0.29, 0.717) is 25.0 Å². The van der Waals surface area contributed by atoms with Crippen molar-refractivity contribution >= 4 is 28.5 Å². The molecule has 96 valence electrons. The zero-order chi connectivity index (χ0) is 12.8. The molecule has 5 heteroatoms. The number of methoxy groups -OCH3 is 1. The largest absolute Gasteiger partial charge is 0.383 e. The maximum absolute atomic E-state index is 5.81. The highest BCUT2D eigenvalue weighted by Crippen LogP contribution is 2.14. The average Bonchev–Trinajstić information content (AvgIpc) is 2.43. The number of hydrogen-bond donors (Lipinski definition) is 0. The molecule has 1 aromatic carbocycles. The summed E-state index contributed by atoms with van der Waals surface area (Å²) in [6.45, 7) is 2.08. The summed E-state index contributed by atoms with van der Waals surface area (Å²) >= 11 is 5.81. The van der Waals surface area contributed by atoms with Crippen LogP contribution in [0.5, 0.6) is 0 Å². The first kappa shape index (κ1) is 13.1. The number of benzene rings is 1. The Hall–Kier alpha value is -1.39. The van der Waals surface area contributed by atoms with Gasteiger partial charge >= 0.3 is 0 Å². The molecule has 0 amide bonds. The van der Waals surface area contributed by atoms with Gasteiger partial charge < -0.3 is 9.64 Å². The Morgan fingerprint density at radius 3 is 2.89 bits per heavy atom. The van der Waals surface area contributed by atoms with Crippen molar-refractivity contribution in [3.8, 4) is 0 Å². The fourth-order valence-electron chi connectivity index (χ4n) is 1.73. The summed E-state index contributed by atoms with van der Waals surface area (Å²) in [6, 6.07) is 7.93. The molecule has 0 unspecified atom stereocenters. The first-order chi connectivity index (χ1) is 8.85. The molecule has 4 nitrogen and oxygen atoms in total. The van der Waals surface area contributed by atoms with Crippen LogP contribution in [-0.4, -0.2) is 42.7 Å². The van der Waals surface area contributed by atoms with Crippen LogP contribution in [0.4, 0.5) is 5.95 Å². The van der Waals surface area contributed by atoms with Gasteiger partial charge in [0.1, 0.15) is 0 Å². The van der Waals surface area contributed by atoms with E-state index in [9.17, 15) is 0 Å². The second kappa shape index (κ2) is 6.52. The number of nitrogens with zero attached hydrogens (tertiary/aromatic N) is 3. The van der Waals surface area contributed by atoms with Crippen LogP contribution >= 0.6 is 11.6 Å². The second-order valence-electron chi connectivity index (χ2n) is 3.90. The lowest BCUT2D eigenvalue weighted by Gasteiger charge is -2.21. The van der Waals surface area contributed by atoms with Gasteiger partial charge in [-0.15, -0.1) is 11.6 Å². The van der Waals surface area contributed by atoms with Crippen molar-refractivity contribution in [3.63, 3.8) is 0 Å². The summed E-state index contributed by atoms with van der Waals surface area (Å²) in [7, 11) is 1.68. The van der Waals surface area contributed by atoms with Crippen LogP contribution < -0.4 is 4.90 Å². The zero-order valence-corrected chi connectivity index (χ0v) is 11.1. The number of ether oxygens (including phenoxy) is 1. The smallest absolute Gasteiger partial charge is 0.225 e. The third-order valence-corrected chi connectivity index (χ3v) is 2.85. The van der Waals surface area contributed by atoms with E-state index in [1.165, 1.54) is 0 Å². The molecular weight excluding hydrogens is 250 g/mol. The summed E-state index contributed by atoms with van der Waals surface area (Å²) in [5.41, 5.74) is 0.944. The Labute approximate surface area is 112 Å². The van der Waals surface area contributed by atoms with Gasteiger partial charge in [0.2, 0.25) is 5.95 Å². The monoisotopic (exact) mass is 265 g/mol. The fourth-order valence-corrected chi connectivity index (χ4v) is 1.93. The number of alkyl halides is 1. The Morgan fingerprint density at radius 1 is 1.28 bits per heavy atom. The van der Waals surface area contributed by atoms with E-state index in [1.807, 2.05) is 35.4 Å². The first-order valence-electron chi connectivity index (χ1n) is 5.87. The summed E-state index contributed by atoms with van der Waals surface area (Å²) in [5.74, 6) is 1.24. The molecule has 0 aliphatic rings. The zero-order valence-electron chi connectivity index (χ0n) is 10.3. The predicted molar refractivity (Wildman–Crippen MR) is 74.3 cm³/mol. The second-order valence-corrected chi connectivity index (χ2v) is 4.28. The lowest BCUT2D eigenvalue weighted by Crippen LogP contribution is -2.30. The number of para-hydroxylation sites is 1. The Morgan fingerprint density at radius 2 is 2.11 bits per heavy atom. The highest BCUT2D eigenvalue weighted by molar-refractivity contribution is 6.18. The molecule has 0 saturated heterocycles. The van der Waals surface area contributed by atoms with Gasteiger partial charge in [0.05, 0.1) is 12.1 Å². The van der Waals surface area contributed by atoms with Crippen LogP contribution in [0.15, 0.2) is 30.5 Å². The third kappa shape index (κ3) is 3.09. The quantitative estimate of drug-likeness (QED) is 0.752. The van der Waals surface area contributed by atoms with Crippen LogP contribution in [0.25, 0.3) is 10.9 Å². The molecule has 0 bridgehead atoms. The topological polar surface area (TPSA) is 38.2 Å². The van der Waals surface area contributed by atoms with E-state index in [-0.39, 0.29) is 0 Å². The molecule has 18 heavy (non-hydrogen) atoms. The Bertz CT molecular complexity index is 506. The van der Waals surface area contributed by atoms with Crippen LogP contribution in [0, 0.1) is 0 Å². The molecule has 0 saturated carbocycles. The minimum atomic E-state index is 0.542. The van der Waals surface area contributed by atoms with Crippen molar-refractivity contribution in [1.29, 1.82) is 0 Å². The molecule has 0 atom stereocenters. The number of anilines is 1. The SMILES string of the molecule is COCCN(CCCl)c1ncc2ccccc2n1. The van der Waals surface area contributed by atoms with Gasteiger partial charge in [-0.05, 0) is 6.07 Å². The van der Waals surface area contributed by atoms with Crippen molar-refractivity contribution < 1.29 is 4.74 Å². The van der Waals surface area contributed by atoms with Crippen molar-refractivity contribution in [2.45, 2.75) is 0 Å². The van der Waals surface area contributed by atoms with Crippen LogP contribution in [0.1, 0.15) is 0 Å². The molecule has 0 spiro atoms. The number of aromatic nitrogens is 2. The summed E-state index contributed by atoms with van der Waals surface area (Å²) in [6.07, 6.45) is 1.84. The van der Waals surface area contributed by atoms with E-state index >= 15 is 0 Å². The van der Waals surface area contributed by atoms with Crippen LogP contribution in [0.2, 0.25) is 0 Å². The maximum Gasteiger partial charge on any atom is 0.225 e. The van der Waals surface area contributed by atoms with Gasteiger partial charge in [-0.2, -0.15) is 0 Å². The number of hydrogen-bond acceptors (Lipinski definition) is 4. The highest BCUT2D eigenvalue weighted by Gasteiger charge is 2.09. The first-order valence-corrected chi connectivity index (χ1v) is 6.40. The molecule has 1 heterocycles. The van der Waals surface area contributed by atoms with Gasteiger partial charge in [-0.3, -0.25) is 0 Å². The molecule has 2 rings (SSSR count).